The molecule has 0 radical (unpaired) electrons. The van der Waals surface area contributed by atoms with Gasteiger partial charge in [-0.2, -0.15) is 0 Å². The van der Waals surface area contributed by atoms with Gasteiger partial charge in [0.2, 0.25) is 0 Å². The highest BCUT2D eigenvalue weighted by molar-refractivity contribution is 6.04. The van der Waals surface area contributed by atoms with E-state index in [9.17, 15) is 14.3 Å². The van der Waals surface area contributed by atoms with Crippen LogP contribution in [0.15, 0.2) is 36.5 Å². The van der Waals surface area contributed by atoms with E-state index in [1.807, 2.05) is 0 Å². The number of amides is 1. The van der Waals surface area contributed by atoms with Gasteiger partial charge in [0.25, 0.3) is 5.91 Å². The summed E-state index contributed by atoms with van der Waals surface area (Å²) in [6, 6.07) is 7.11. The van der Waals surface area contributed by atoms with Crippen molar-refractivity contribution in [2.45, 2.75) is 6.92 Å². The minimum Gasteiger partial charge on any atom is -0.505 e. The van der Waals surface area contributed by atoms with Crippen LogP contribution >= 0.6 is 0 Å². The summed E-state index contributed by atoms with van der Waals surface area (Å²) in [5.74, 6) is -1.08. The maximum Gasteiger partial charge on any atom is 0.278 e. The molecule has 0 saturated heterocycles. The number of carbonyl (C=O) groups is 1. The quantitative estimate of drug-likeness (QED) is 0.855. The Kier molecular flexibility index (Phi) is 3.23. The van der Waals surface area contributed by atoms with Gasteiger partial charge in [0.15, 0.2) is 5.69 Å². The van der Waals surface area contributed by atoms with Crippen LogP contribution in [0, 0.1) is 12.7 Å². The molecular formula is C13H11FN2O2. The lowest BCUT2D eigenvalue weighted by Gasteiger charge is -2.06. The summed E-state index contributed by atoms with van der Waals surface area (Å²) in [4.78, 5) is 15.6. The molecule has 1 aromatic carbocycles. The standard InChI is InChI=1S/C13H11FN2O2/c1-8-7-9(4-5-10(8)14)16-13(18)12-11(17)3-2-6-15-12/h2-7,17H,1H3,(H,16,18). The predicted molar refractivity (Wildman–Crippen MR) is 65.0 cm³/mol. The number of halogens is 1. The summed E-state index contributed by atoms with van der Waals surface area (Å²) in [5.41, 5.74) is 0.807. The third-order valence-electron chi connectivity index (χ3n) is 2.42. The number of benzene rings is 1. The monoisotopic (exact) mass is 246 g/mol. The lowest BCUT2D eigenvalue weighted by molar-refractivity contribution is 0.101. The van der Waals surface area contributed by atoms with Gasteiger partial charge in [-0.3, -0.25) is 4.79 Å². The largest absolute Gasteiger partial charge is 0.505 e. The predicted octanol–water partition coefficient (Wildman–Crippen LogP) is 2.49. The normalized spacial score (nSPS) is 10.1. The van der Waals surface area contributed by atoms with Gasteiger partial charge in [0, 0.05) is 11.9 Å². The van der Waals surface area contributed by atoms with Gasteiger partial charge >= 0.3 is 0 Å². The van der Waals surface area contributed by atoms with E-state index >= 15 is 0 Å². The smallest absolute Gasteiger partial charge is 0.278 e. The lowest BCUT2D eigenvalue weighted by atomic mass is 10.2. The topological polar surface area (TPSA) is 62.2 Å². The van der Waals surface area contributed by atoms with Gasteiger partial charge in [-0.15, -0.1) is 0 Å². The molecule has 18 heavy (non-hydrogen) atoms. The van der Waals surface area contributed by atoms with Crippen LogP contribution in [-0.4, -0.2) is 16.0 Å². The minimum atomic E-state index is -0.542. The molecule has 2 rings (SSSR count). The van der Waals surface area contributed by atoms with E-state index < -0.39 is 5.91 Å². The third-order valence-corrected chi connectivity index (χ3v) is 2.42. The number of nitrogens with one attached hydrogen (secondary N) is 1. The molecule has 0 atom stereocenters. The van der Waals surface area contributed by atoms with Crippen LogP contribution < -0.4 is 5.32 Å². The van der Waals surface area contributed by atoms with Gasteiger partial charge < -0.3 is 10.4 Å². The molecule has 0 aliphatic carbocycles. The first kappa shape index (κ1) is 12.0. The van der Waals surface area contributed by atoms with Crippen molar-refractivity contribution in [2.75, 3.05) is 5.32 Å². The van der Waals surface area contributed by atoms with Crippen LogP contribution in [0.5, 0.6) is 5.75 Å². The molecular weight excluding hydrogens is 235 g/mol. The molecule has 1 heterocycles. The zero-order valence-electron chi connectivity index (χ0n) is 9.64. The second-order valence-corrected chi connectivity index (χ2v) is 3.79. The molecule has 0 aliphatic rings. The second-order valence-electron chi connectivity index (χ2n) is 3.79. The van der Waals surface area contributed by atoms with Crippen LogP contribution in [-0.2, 0) is 0 Å². The van der Waals surface area contributed by atoms with Gasteiger partial charge in [-0.25, -0.2) is 9.37 Å². The van der Waals surface area contributed by atoms with Crippen molar-refractivity contribution in [3.8, 4) is 5.75 Å². The Morgan fingerprint density at radius 2 is 2.17 bits per heavy atom. The summed E-state index contributed by atoms with van der Waals surface area (Å²) in [7, 11) is 0. The van der Waals surface area contributed by atoms with Crippen molar-refractivity contribution in [3.05, 3.63) is 53.6 Å². The van der Waals surface area contributed by atoms with E-state index in [1.165, 1.54) is 36.5 Å². The Balaban J connectivity index is 2.22. The van der Waals surface area contributed by atoms with Crippen LogP contribution in [0.3, 0.4) is 0 Å². The lowest BCUT2D eigenvalue weighted by Crippen LogP contribution is -2.13. The van der Waals surface area contributed by atoms with Gasteiger partial charge in [-0.1, -0.05) is 0 Å². The van der Waals surface area contributed by atoms with Crippen LogP contribution in [0.2, 0.25) is 0 Å². The number of hydrogen-bond donors (Lipinski definition) is 2. The number of hydrogen-bond acceptors (Lipinski definition) is 3. The molecule has 0 saturated carbocycles. The maximum absolute atomic E-state index is 13.1. The molecule has 1 aromatic heterocycles. The summed E-state index contributed by atoms with van der Waals surface area (Å²) in [6.07, 6.45) is 1.41. The number of carbonyl (C=O) groups excluding carboxylic acids is 1. The average Bonchev–Trinajstić information content (AvgIpc) is 2.34. The molecule has 0 aliphatic heterocycles. The highest BCUT2D eigenvalue weighted by Crippen LogP contribution is 2.17. The van der Waals surface area contributed by atoms with E-state index in [1.54, 1.807) is 6.92 Å². The molecule has 0 fully saturated rings. The Morgan fingerprint density at radius 1 is 1.39 bits per heavy atom. The molecule has 0 spiro atoms. The first-order valence-electron chi connectivity index (χ1n) is 5.29. The summed E-state index contributed by atoms with van der Waals surface area (Å²) >= 11 is 0. The maximum atomic E-state index is 13.1. The Labute approximate surface area is 103 Å². The van der Waals surface area contributed by atoms with Crippen molar-refractivity contribution in [2.24, 2.45) is 0 Å². The van der Waals surface area contributed by atoms with Crippen molar-refractivity contribution in [1.29, 1.82) is 0 Å². The summed E-state index contributed by atoms with van der Waals surface area (Å²) in [5, 5.41) is 12.0. The van der Waals surface area contributed by atoms with E-state index in [4.69, 9.17) is 0 Å². The van der Waals surface area contributed by atoms with Crippen molar-refractivity contribution < 1.29 is 14.3 Å². The molecule has 92 valence electrons. The highest BCUT2D eigenvalue weighted by Gasteiger charge is 2.12. The van der Waals surface area contributed by atoms with Crippen molar-refractivity contribution in [3.63, 3.8) is 0 Å². The molecule has 2 N–H and O–H groups in total. The third kappa shape index (κ3) is 2.45. The minimum absolute atomic E-state index is 0.0699. The molecule has 0 unspecified atom stereocenters. The zero-order chi connectivity index (χ0) is 13.1. The van der Waals surface area contributed by atoms with Crippen LogP contribution in [0.25, 0.3) is 0 Å². The average molecular weight is 246 g/mol. The van der Waals surface area contributed by atoms with Crippen LogP contribution in [0.1, 0.15) is 16.1 Å². The summed E-state index contributed by atoms with van der Waals surface area (Å²) < 4.78 is 13.1. The number of aromatic nitrogens is 1. The number of nitrogens with zero attached hydrogens (tertiary/aromatic N) is 1. The van der Waals surface area contributed by atoms with Gasteiger partial charge in [-0.05, 0) is 42.8 Å². The van der Waals surface area contributed by atoms with Gasteiger partial charge in [0.1, 0.15) is 11.6 Å². The molecule has 5 heteroatoms. The first-order valence-corrected chi connectivity index (χ1v) is 5.29. The van der Waals surface area contributed by atoms with Crippen molar-refractivity contribution >= 4 is 11.6 Å². The number of aryl methyl sites for hydroxylation is 1. The number of rotatable bonds is 2. The fourth-order valence-electron chi connectivity index (χ4n) is 1.48. The number of anilines is 1. The van der Waals surface area contributed by atoms with Crippen molar-refractivity contribution in [1.82, 2.24) is 4.98 Å². The fourth-order valence-corrected chi connectivity index (χ4v) is 1.48. The first-order chi connectivity index (χ1) is 8.58. The van der Waals surface area contributed by atoms with Gasteiger partial charge in [0.05, 0.1) is 0 Å². The van der Waals surface area contributed by atoms with E-state index in [0.29, 0.717) is 11.3 Å². The Bertz CT molecular complexity index is 599. The van der Waals surface area contributed by atoms with Crippen LogP contribution in [0.4, 0.5) is 10.1 Å². The highest BCUT2D eigenvalue weighted by atomic mass is 19.1. The zero-order valence-corrected chi connectivity index (χ0v) is 9.64. The molecule has 1 amide bonds. The van der Waals surface area contributed by atoms with E-state index in [0.717, 1.165) is 0 Å². The Morgan fingerprint density at radius 3 is 2.83 bits per heavy atom. The molecule has 2 aromatic rings. The fraction of sp³-hybridized carbons (Fsp3) is 0.0769. The van der Waals surface area contributed by atoms with E-state index in [2.05, 4.69) is 10.3 Å². The number of pyridine rings is 1. The SMILES string of the molecule is Cc1cc(NC(=O)c2ncccc2O)ccc1F. The molecule has 0 bridgehead atoms. The Hall–Kier alpha value is -2.43. The molecule has 4 nitrogen and oxygen atoms in total. The van der Waals surface area contributed by atoms with E-state index in [-0.39, 0.29) is 17.3 Å². The second kappa shape index (κ2) is 4.83. The number of aromatic hydroxyl groups is 1. The summed E-state index contributed by atoms with van der Waals surface area (Å²) in [6.45, 7) is 1.60.